The Labute approximate surface area is 140 Å². The summed E-state index contributed by atoms with van der Waals surface area (Å²) in [7, 11) is 0. The van der Waals surface area contributed by atoms with E-state index in [1.54, 1.807) is 24.3 Å². The molecule has 3 rings (SSSR count). The van der Waals surface area contributed by atoms with Crippen LogP contribution in [0.2, 0.25) is 5.02 Å². The van der Waals surface area contributed by atoms with Crippen molar-refractivity contribution < 1.29 is 9.63 Å². The highest BCUT2D eigenvalue weighted by atomic mass is 35.5. The van der Waals surface area contributed by atoms with Crippen molar-refractivity contribution in [3.05, 3.63) is 76.3 Å². The largest absolute Gasteiger partial charge is 0.365 e. The predicted octanol–water partition coefficient (Wildman–Crippen LogP) is 5.12. The third kappa shape index (κ3) is 4.08. The predicted molar refractivity (Wildman–Crippen MR) is 92.6 cm³/mol. The maximum Gasteiger partial charge on any atom is 0.365 e. The number of carbonyl (C=O) groups is 1. The normalized spacial score (nSPS) is 17.6. The Morgan fingerprint density at radius 3 is 2.52 bits per heavy atom. The van der Waals surface area contributed by atoms with Crippen LogP contribution < -0.4 is 0 Å². The molecule has 0 unspecified atom stereocenters. The molecule has 23 heavy (non-hydrogen) atoms. The Bertz CT molecular complexity index is 749. The number of oxime groups is 1. The van der Waals surface area contributed by atoms with Crippen molar-refractivity contribution >= 4 is 29.4 Å². The Morgan fingerprint density at radius 2 is 1.78 bits per heavy atom. The van der Waals surface area contributed by atoms with Crippen LogP contribution in [0.4, 0.5) is 0 Å². The highest BCUT2D eigenvalue weighted by Gasteiger charge is 2.17. The van der Waals surface area contributed by atoms with Crippen molar-refractivity contribution in [1.82, 2.24) is 0 Å². The van der Waals surface area contributed by atoms with Gasteiger partial charge >= 0.3 is 5.97 Å². The minimum absolute atomic E-state index is 0.435. The van der Waals surface area contributed by atoms with Crippen molar-refractivity contribution in [2.24, 2.45) is 5.16 Å². The van der Waals surface area contributed by atoms with Crippen molar-refractivity contribution in [1.29, 1.82) is 0 Å². The van der Waals surface area contributed by atoms with Gasteiger partial charge in [0.15, 0.2) is 0 Å². The summed E-state index contributed by atoms with van der Waals surface area (Å²) in [6.07, 6.45) is 4.90. The van der Waals surface area contributed by atoms with E-state index in [2.05, 4.69) is 11.2 Å². The van der Waals surface area contributed by atoms with Crippen molar-refractivity contribution in [2.75, 3.05) is 0 Å². The Morgan fingerprint density at radius 1 is 1.04 bits per heavy atom. The lowest BCUT2D eigenvalue weighted by Gasteiger charge is -2.02. The molecule has 1 aliphatic carbocycles. The lowest BCUT2D eigenvalue weighted by atomic mass is 10.1. The van der Waals surface area contributed by atoms with E-state index in [1.165, 1.54) is 0 Å². The quantitative estimate of drug-likeness (QED) is 0.580. The van der Waals surface area contributed by atoms with E-state index in [0.29, 0.717) is 10.6 Å². The topological polar surface area (TPSA) is 38.7 Å². The fraction of sp³-hybridized carbons (Fsp3) is 0.158. The van der Waals surface area contributed by atoms with E-state index < -0.39 is 5.97 Å². The van der Waals surface area contributed by atoms with Crippen molar-refractivity contribution in [3.63, 3.8) is 0 Å². The first kappa shape index (κ1) is 15.5. The van der Waals surface area contributed by atoms with Gasteiger partial charge in [-0.2, -0.15) is 0 Å². The van der Waals surface area contributed by atoms with E-state index in [0.717, 1.165) is 36.1 Å². The van der Waals surface area contributed by atoms with Gasteiger partial charge in [-0.15, -0.1) is 0 Å². The van der Waals surface area contributed by atoms with Crippen LogP contribution in [0, 0.1) is 0 Å². The summed E-state index contributed by atoms with van der Waals surface area (Å²) in [5.74, 6) is -0.472. The van der Waals surface area contributed by atoms with E-state index in [4.69, 9.17) is 16.4 Å². The molecule has 0 heterocycles. The van der Waals surface area contributed by atoms with E-state index in [-0.39, 0.29) is 0 Å². The van der Waals surface area contributed by atoms with Gasteiger partial charge in [0, 0.05) is 5.02 Å². The Hall–Kier alpha value is -2.39. The van der Waals surface area contributed by atoms with Gasteiger partial charge in [0.2, 0.25) is 0 Å². The molecule has 1 saturated carbocycles. The summed E-state index contributed by atoms with van der Waals surface area (Å²) < 4.78 is 0. The molecule has 3 nitrogen and oxygen atoms in total. The molecule has 4 heteroatoms. The first-order valence-corrected chi connectivity index (χ1v) is 7.90. The van der Waals surface area contributed by atoms with Crippen LogP contribution >= 0.6 is 11.6 Å². The molecule has 0 spiro atoms. The zero-order valence-corrected chi connectivity index (χ0v) is 13.3. The van der Waals surface area contributed by atoms with Gasteiger partial charge in [-0.1, -0.05) is 47.1 Å². The molecule has 0 aromatic heterocycles. The molecule has 0 radical (unpaired) electrons. The third-order valence-corrected chi connectivity index (χ3v) is 3.94. The summed E-state index contributed by atoms with van der Waals surface area (Å²) in [5.41, 5.74) is 3.53. The van der Waals surface area contributed by atoms with Gasteiger partial charge < -0.3 is 4.84 Å². The van der Waals surface area contributed by atoms with Crippen LogP contribution in [-0.2, 0) is 4.84 Å². The first-order chi connectivity index (χ1) is 11.2. The van der Waals surface area contributed by atoms with Gasteiger partial charge in [0.1, 0.15) is 0 Å². The van der Waals surface area contributed by atoms with Crippen LogP contribution in [-0.4, -0.2) is 11.7 Å². The molecule has 0 bridgehead atoms. The smallest absolute Gasteiger partial charge is 0.313 e. The van der Waals surface area contributed by atoms with Gasteiger partial charge in [-0.25, -0.2) is 4.79 Å². The number of rotatable bonds is 3. The van der Waals surface area contributed by atoms with Gasteiger partial charge in [-0.05, 0) is 60.7 Å². The number of benzene rings is 2. The van der Waals surface area contributed by atoms with Gasteiger partial charge in [-0.3, -0.25) is 0 Å². The SMILES string of the molecule is O=C(O/N=C1\CCC\C1=C\c1ccccc1)c1ccc(Cl)cc1. The highest BCUT2D eigenvalue weighted by molar-refractivity contribution is 6.30. The number of halogens is 1. The lowest BCUT2D eigenvalue weighted by molar-refractivity contribution is 0.0516. The van der Waals surface area contributed by atoms with Gasteiger partial charge in [0.25, 0.3) is 0 Å². The summed E-state index contributed by atoms with van der Waals surface area (Å²) in [5, 5.41) is 4.65. The number of carbonyl (C=O) groups excluding carboxylic acids is 1. The fourth-order valence-electron chi connectivity index (χ4n) is 2.50. The highest BCUT2D eigenvalue weighted by Crippen LogP contribution is 2.24. The molecular weight excluding hydrogens is 310 g/mol. The summed E-state index contributed by atoms with van der Waals surface area (Å²) in [4.78, 5) is 17.1. The van der Waals surface area contributed by atoms with Crippen molar-refractivity contribution in [2.45, 2.75) is 19.3 Å². The maximum atomic E-state index is 12.0. The zero-order valence-electron chi connectivity index (χ0n) is 12.5. The second-order valence-electron chi connectivity index (χ2n) is 5.36. The molecule has 2 aromatic carbocycles. The van der Waals surface area contributed by atoms with Crippen LogP contribution in [0.25, 0.3) is 6.08 Å². The average Bonchev–Trinajstić information content (AvgIpc) is 3.01. The molecule has 0 atom stereocenters. The van der Waals surface area contributed by atoms with Crippen molar-refractivity contribution in [3.8, 4) is 0 Å². The summed E-state index contributed by atoms with van der Waals surface area (Å²) >= 11 is 5.81. The Kier molecular flexibility index (Phi) is 4.89. The number of nitrogens with zero attached hydrogens (tertiary/aromatic N) is 1. The van der Waals surface area contributed by atoms with Crippen LogP contribution in [0.15, 0.2) is 65.3 Å². The summed E-state index contributed by atoms with van der Waals surface area (Å²) in [6, 6.07) is 16.6. The molecule has 0 N–H and O–H groups in total. The molecule has 0 amide bonds. The second-order valence-corrected chi connectivity index (χ2v) is 5.79. The molecule has 0 aliphatic heterocycles. The number of hydrogen-bond donors (Lipinski definition) is 0. The second kappa shape index (κ2) is 7.25. The monoisotopic (exact) mass is 325 g/mol. The Balaban J connectivity index is 1.72. The summed E-state index contributed by atoms with van der Waals surface area (Å²) in [6.45, 7) is 0. The van der Waals surface area contributed by atoms with Crippen LogP contribution in [0.3, 0.4) is 0 Å². The molecule has 0 saturated heterocycles. The molecule has 1 aliphatic rings. The molecule has 1 fully saturated rings. The fourth-order valence-corrected chi connectivity index (χ4v) is 2.62. The minimum atomic E-state index is -0.472. The first-order valence-electron chi connectivity index (χ1n) is 7.52. The standard InChI is InChI=1S/C19H16ClNO2/c20-17-11-9-15(10-12-17)19(22)23-21-18-8-4-7-16(18)13-14-5-2-1-3-6-14/h1-3,5-6,9-13H,4,7-8H2/b16-13-,21-18+. The van der Waals surface area contributed by atoms with E-state index in [9.17, 15) is 4.79 Å². The van der Waals surface area contributed by atoms with E-state index in [1.807, 2.05) is 30.3 Å². The van der Waals surface area contributed by atoms with Gasteiger partial charge in [0.05, 0.1) is 11.3 Å². The maximum absolute atomic E-state index is 12.0. The molecular formula is C19H16ClNO2. The molecule has 116 valence electrons. The van der Waals surface area contributed by atoms with E-state index >= 15 is 0 Å². The third-order valence-electron chi connectivity index (χ3n) is 3.69. The average molecular weight is 326 g/mol. The zero-order chi connectivity index (χ0) is 16.1. The number of allylic oxidation sites excluding steroid dienone is 1. The number of hydrogen-bond acceptors (Lipinski definition) is 3. The lowest BCUT2D eigenvalue weighted by Crippen LogP contribution is -2.03. The van der Waals surface area contributed by atoms with Crippen LogP contribution in [0.1, 0.15) is 35.2 Å². The van der Waals surface area contributed by atoms with Crippen LogP contribution in [0.5, 0.6) is 0 Å². The molecule has 2 aromatic rings. The minimum Gasteiger partial charge on any atom is -0.313 e.